The van der Waals surface area contributed by atoms with E-state index in [0.717, 1.165) is 10.4 Å². The highest BCUT2D eigenvalue weighted by molar-refractivity contribution is 7.13. The van der Waals surface area contributed by atoms with Gasteiger partial charge in [-0.15, -0.1) is 11.3 Å². The monoisotopic (exact) mass is 320 g/mol. The molecule has 0 atom stereocenters. The number of carboxylic acid groups (broad SMARTS) is 3. The summed E-state index contributed by atoms with van der Waals surface area (Å²) < 4.78 is 0. The van der Waals surface area contributed by atoms with Gasteiger partial charge in [0.2, 0.25) is 0 Å². The van der Waals surface area contributed by atoms with E-state index < -0.39 is 29.7 Å². The molecule has 3 N–H and O–H groups in total. The predicted molar refractivity (Wildman–Crippen MR) is 78.8 cm³/mol. The van der Waals surface area contributed by atoms with Crippen LogP contribution in [0.4, 0.5) is 0 Å². The van der Waals surface area contributed by atoms with Crippen molar-refractivity contribution in [3.05, 3.63) is 47.3 Å². The largest absolute Gasteiger partial charge is 0.480 e. The normalized spacial score (nSPS) is 11.1. The smallest absolute Gasteiger partial charge is 0.333 e. The topological polar surface area (TPSA) is 112 Å². The SMILES string of the molecule is O=C(O)C(Cc1ccc(-c2cccs2)cc1)(C(=O)O)C(=O)O. The van der Waals surface area contributed by atoms with Crippen molar-refractivity contribution in [3.63, 3.8) is 0 Å². The molecule has 22 heavy (non-hydrogen) atoms. The summed E-state index contributed by atoms with van der Waals surface area (Å²) >= 11 is 1.53. The lowest BCUT2D eigenvalue weighted by molar-refractivity contribution is -0.175. The number of hydrogen-bond donors (Lipinski definition) is 3. The first-order valence-electron chi connectivity index (χ1n) is 6.21. The van der Waals surface area contributed by atoms with Crippen LogP contribution in [0.5, 0.6) is 0 Å². The summed E-state index contributed by atoms with van der Waals surface area (Å²) in [7, 11) is 0. The fraction of sp³-hybridized carbons (Fsp3) is 0.133. The van der Waals surface area contributed by atoms with E-state index in [1.165, 1.54) is 11.3 Å². The Morgan fingerprint density at radius 1 is 0.909 bits per heavy atom. The second-order valence-electron chi connectivity index (χ2n) is 4.67. The number of thiophene rings is 1. The molecular formula is C15H12O6S. The summed E-state index contributed by atoms with van der Waals surface area (Å²) in [6, 6.07) is 10.3. The molecule has 0 fully saturated rings. The average molecular weight is 320 g/mol. The Bertz CT molecular complexity index is 666. The van der Waals surface area contributed by atoms with Gasteiger partial charge in [0.05, 0.1) is 0 Å². The molecule has 0 aliphatic rings. The molecule has 0 amide bonds. The van der Waals surface area contributed by atoms with Crippen molar-refractivity contribution in [2.75, 3.05) is 0 Å². The third kappa shape index (κ3) is 2.71. The number of aliphatic carboxylic acids is 3. The van der Waals surface area contributed by atoms with Crippen molar-refractivity contribution in [1.29, 1.82) is 0 Å². The molecule has 0 saturated carbocycles. The minimum absolute atomic E-state index is 0.326. The lowest BCUT2D eigenvalue weighted by Gasteiger charge is -2.20. The molecule has 0 aliphatic heterocycles. The summed E-state index contributed by atoms with van der Waals surface area (Å²) in [5, 5.41) is 29.1. The van der Waals surface area contributed by atoms with Gasteiger partial charge in [0.25, 0.3) is 5.41 Å². The van der Waals surface area contributed by atoms with Crippen molar-refractivity contribution in [3.8, 4) is 10.4 Å². The maximum absolute atomic E-state index is 11.2. The van der Waals surface area contributed by atoms with Gasteiger partial charge in [0.15, 0.2) is 0 Å². The van der Waals surface area contributed by atoms with E-state index in [-0.39, 0.29) is 0 Å². The maximum Gasteiger partial charge on any atom is 0.333 e. The van der Waals surface area contributed by atoms with Gasteiger partial charge in [0.1, 0.15) is 0 Å². The Morgan fingerprint density at radius 2 is 1.45 bits per heavy atom. The van der Waals surface area contributed by atoms with Crippen LogP contribution in [0.2, 0.25) is 0 Å². The molecule has 1 aromatic heterocycles. The van der Waals surface area contributed by atoms with Crippen molar-refractivity contribution in [1.82, 2.24) is 0 Å². The summed E-state index contributed by atoms with van der Waals surface area (Å²) in [5.41, 5.74) is -1.66. The van der Waals surface area contributed by atoms with Crippen LogP contribution in [0.25, 0.3) is 10.4 Å². The Hall–Kier alpha value is -2.67. The molecule has 2 aromatic rings. The summed E-state index contributed by atoms with van der Waals surface area (Å²) in [6.07, 6.45) is -0.627. The highest BCUT2D eigenvalue weighted by Crippen LogP contribution is 2.28. The fourth-order valence-corrected chi connectivity index (χ4v) is 2.77. The Labute approximate surface area is 129 Å². The summed E-state index contributed by atoms with van der Waals surface area (Å²) in [5.74, 6) is -5.68. The fourth-order valence-electron chi connectivity index (χ4n) is 2.04. The lowest BCUT2D eigenvalue weighted by Crippen LogP contribution is -2.48. The molecule has 114 valence electrons. The van der Waals surface area contributed by atoms with Gasteiger partial charge in [-0.05, 0) is 22.6 Å². The molecule has 0 aliphatic carbocycles. The molecule has 1 heterocycles. The second-order valence-corrected chi connectivity index (χ2v) is 5.62. The van der Waals surface area contributed by atoms with E-state index in [4.69, 9.17) is 15.3 Å². The van der Waals surface area contributed by atoms with Gasteiger partial charge in [-0.2, -0.15) is 0 Å². The number of hydrogen-bond acceptors (Lipinski definition) is 4. The lowest BCUT2D eigenvalue weighted by atomic mass is 9.81. The highest BCUT2D eigenvalue weighted by atomic mass is 32.1. The number of rotatable bonds is 6. The Morgan fingerprint density at radius 3 is 1.86 bits per heavy atom. The molecule has 6 nitrogen and oxygen atoms in total. The third-order valence-corrected chi connectivity index (χ3v) is 4.24. The van der Waals surface area contributed by atoms with Crippen LogP contribution in [0, 0.1) is 5.41 Å². The number of benzene rings is 1. The zero-order chi connectivity index (χ0) is 16.3. The van der Waals surface area contributed by atoms with Crippen molar-refractivity contribution < 1.29 is 29.7 Å². The maximum atomic E-state index is 11.2. The first kappa shape index (κ1) is 15.7. The van der Waals surface area contributed by atoms with E-state index in [1.807, 2.05) is 17.5 Å². The molecule has 1 aromatic carbocycles. The first-order chi connectivity index (χ1) is 10.4. The average Bonchev–Trinajstić information content (AvgIpc) is 2.98. The van der Waals surface area contributed by atoms with Crippen LogP contribution in [-0.4, -0.2) is 33.2 Å². The van der Waals surface area contributed by atoms with Crippen LogP contribution < -0.4 is 0 Å². The minimum Gasteiger partial charge on any atom is -0.480 e. The molecule has 0 spiro atoms. The molecule has 7 heteroatoms. The first-order valence-corrected chi connectivity index (χ1v) is 7.09. The standard InChI is InChI=1S/C15H12O6S/c16-12(17)15(13(18)19,14(20)21)8-9-3-5-10(6-4-9)11-2-1-7-22-11/h1-7H,8H2,(H,16,17)(H,18,19)(H,20,21). The predicted octanol–water partition coefficient (Wildman–Crippen LogP) is 2.20. The third-order valence-electron chi connectivity index (χ3n) is 3.32. The van der Waals surface area contributed by atoms with E-state index in [1.54, 1.807) is 24.3 Å². The van der Waals surface area contributed by atoms with Crippen molar-refractivity contribution in [2.24, 2.45) is 5.41 Å². The van der Waals surface area contributed by atoms with Gasteiger partial charge in [-0.25, -0.2) is 0 Å². The zero-order valence-corrected chi connectivity index (χ0v) is 12.0. The van der Waals surface area contributed by atoms with Gasteiger partial charge in [-0.1, -0.05) is 30.3 Å². The zero-order valence-electron chi connectivity index (χ0n) is 11.2. The van der Waals surface area contributed by atoms with Gasteiger partial charge in [-0.3, -0.25) is 14.4 Å². The summed E-state index contributed by atoms with van der Waals surface area (Å²) in [6.45, 7) is 0. The molecule has 0 unspecified atom stereocenters. The molecule has 2 rings (SSSR count). The van der Waals surface area contributed by atoms with E-state index in [9.17, 15) is 14.4 Å². The van der Waals surface area contributed by atoms with E-state index in [0.29, 0.717) is 5.56 Å². The van der Waals surface area contributed by atoms with Crippen molar-refractivity contribution in [2.45, 2.75) is 6.42 Å². The summed E-state index contributed by atoms with van der Waals surface area (Å²) in [4.78, 5) is 34.6. The van der Waals surface area contributed by atoms with Crippen LogP contribution in [0.1, 0.15) is 5.56 Å². The Balaban J connectivity index is 2.33. The molecule has 0 saturated heterocycles. The Kier molecular flexibility index (Phi) is 4.27. The van der Waals surface area contributed by atoms with Gasteiger partial charge >= 0.3 is 17.9 Å². The van der Waals surface area contributed by atoms with Gasteiger partial charge < -0.3 is 15.3 Å². The molecule has 0 radical (unpaired) electrons. The van der Waals surface area contributed by atoms with Crippen LogP contribution >= 0.6 is 11.3 Å². The number of carboxylic acids is 3. The number of carbonyl (C=O) groups is 3. The van der Waals surface area contributed by atoms with Crippen LogP contribution in [0.3, 0.4) is 0 Å². The van der Waals surface area contributed by atoms with Gasteiger partial charge in [0, 0.05) is 11.3 Å². The quantitative estimate of drug-likeness (QED) is 0.703. The van der Waals surface area contributed by atoms with Crippen LogP contribution in [-0.2, 0) is 20.8 Å². The second kappa shape index (κ2) is 5.98. The minimum atomic E-state index is -2.88. The van der Waals surface area contributed by atoms with Crippen LogP contribution in [0.15, 0.2) is 41.8 Å². The van der Waals surface area contributed by atoms with Crippen molar-refractivity contribution >= 4 is 29.2 Å². The van der Waals surface area contributed by atoms with E-state index >= 15 is 0 Å². The molecule has 0 bridgehead atoms. The van der Waals surface area contributed by atoms with E-state index in [2.05, 4.69) is 0 Å². The highest BCUT2D eigenvalue weighted by Gasteiger charge is 2.54. The molecular weight excluding hydrogens is 308 g/mol.